The number of hydrogen-bond donors (Lipinski definition) is 1. The molecule has 5 heteroatoms. The lowest BCUT2D eigenvalue weighted by Gasteiger charge is -2.31. The van der Waals surface area contributed by atoms with Gasteiger partial charge in [0.1, 0.15) is 5.82 Å². The molecule has 1 aliphatic heterocycles. The first-order chi connectivity index (χ1) is 10.7. The molecule has 0 aromatic carbocycles. The summed E-state index contributed by atoms with van der Waals surface area (Å²) in [5.74, 6) is 2.44. The van der Waals surface area contributed by atoms with E-state index in [1.807, 2.05) is 25.3 Å². The average molecular weight is 297 g/mol. The largest absolute Gasteiger partial charge is 0.366 e. The number of aryl methyl sites for hydroxylation is 1. The van der Waals surface area contributed by atoms with E-state index < -0.39 is 0 Å². The van der Waals surface area contributed by atoms with Crippen molar-refractivity contribution in [2.75, 3.05) is 23.3 Å². The Hall–Kier alpha value is -2.17. The van der Waals surface area contributed by atoms with Crippen LogP contribution in [0.25, 0.3) is 0 Å². The first-order valence-electron chi connectivity index (χ1n) is 7.94. The van der Waals surface area contributed by atoms with Crippen LogP contribution in [0.1, 0.15) is 31.0 Å². The summed E-state index contributed by atoms with van der Waals surface area (Å²) in [7, 11) is 0. The first-order valence-corrected chi connectivity index (χ1v) is 7.94. The third kappa shape index (κ3) is 3.72. The highest BCUT2D eigenvalue weighted by Gasteiger charge is 2.19. The molecule has 1 N–H and O–H groups in total. The number of anilines is 2. The van der Waals surface area contributed by atoms with Crippen molar-refractivity contribution in [2.45, 2.75) is 33.2 Å². The van der Waals surface area contributed by atoms with Crippen molar-refractivity contribution in [1.29, 1.82) is 0 Å². The van der Waals surface area contributed by atoms with E-state index in [4.69, 9.17) is 4.98 Å². The molecule has 1 atom stereocenters. The SMILES string of the molecule is Cc1cc(NCc2cccnc2)nc(N2CCCC(C)C2)n1. The van der Waals surface area contributed by atoms with Crippen molar-refractivity contribution in [3.63, 3.8) is 0 Å². The molecule has 5 nitrogen and oxygen atoms in total. The average Bonchev–Trinajstić information content (AvgIpc) is 2.53. The molecule has 1 saturated heterocycles. The summed E-state index contributed by atoms with van der Waals surface area (Å²) in [5.41, 5.74) is 2.14. The van der Waals surface area contributed by atoms with Crippen LogP contribution in [0, 0.1) is 12.8 Å². The van der Waals surface area contributed by atoms with Gasteiger partial charge in [0, 0.05) is 43.8 Å². The van der Waals surface area contributed by atoms with Crippen LogP contribution < -0.4 is 10.2 Å². The van der Waals surface area contributed by atoms with Crippen LogP contribution in [-0.2, 0) is 6.54 Å². The fourth-order valence-corrected chi connectivity index (χ4v) is 2.85. The van der Waals surface area contributed by atoms with Gasteiger partial charge >= 0.3 is 0 Å². The van der Waals surface area contributed by atoms with Gasteiger partial charge in [-0.05, 0) is 37.3 Å². The predicted molar refractivity (Wildman–Crippen MR) is 88.9 cm³/mol. The summed E-state index contributed by atoms with van der Waals surface area (Å²) >= 11 is 0. The van der Waals surface area contributed by atoms with Crippen LogP contribution in [0.15, 0.2) is 30.6 Å². The van der Waals surface area contributed by atoms with E-state index in [2.05, 4.69) is 33.2 Å². The quantitative estimate of drug-likeness (QED) is 0.940. The Bertz CT molecular complexity index is 614. The molecule has 3 heterocycles. The lowest BCUT2D eigenvalue weighted by Crippen LogP contribution is -2.35. The van der Waals surface area contributed by atoms with E-state index in [-0.39, 0.29) is 0 Å². The molecule has 116 valence electrons. The maximum atomic E-state index is 4.69. The summed E-state index contributed by atoms with van der Waals surface area (Å²) in [4.78, 5) is 15.7. The Morgan fingerprint density at radius 3 is 3.05 bits per heavy atom. The van der Waals surface area contributed by atoms with Gasteiger partial charge in [0.05, 0.1) is 0 Å². The number of aromatic nitrogens is 3. The standard InChI is InChI=1S/C17H23N5/c1-13-5-4-8-22(12-13)17-20-14(2)9-16(21-17)19-11-15-6-3-7-18-10-15/h3,6-7,9-10,13H,4-5,8,11-12H2,1-2H3,(H,19,20,21). The van der Waals surface area contributed by atoms with E-state index >= 15 is 0 Å². The molecule has 0 aliphatic carbocycles. The van der Waals surface area contributed by atoms with Crippen molar-refractivity contribution in [3.05, 3.63) is 41.9 Å². The second-order valence-corrected chi connectivity index (χ2v) is 6.10. The lowest BCUT2D eigenvalue weighted by molar-refractivity contribution is 0.442. The topological polar surface area (TPSA) is 53.9 Å². The zero-order chi connectivity index (χ0) is 15.4. The zero-order valence-electron chi connectivity index (χ0n) is 13.3. The van der Waals surface area contributed by atoms with E-state index in [1.165, 1.54) is 12.8 Å². The molecule has 1 unspecified atom stereocenters. The molecule has 1 fully saturated rings. The molecule has 0 saturated carbocycles. The van der Waals surface area contributed by atoms with Gasteiger partial charge in [-0.1, -0.05) is 13.0 Å². The molecule has 2 aromatic rings. The van der Waals surface area contributed by atoms with Gasteiger partial charge in [0.2, 0.25) is 5.95 Å². The van der Waals surface area contributed by atoms with Crippen LogP contribution >= 0.6 is 0 Å². The highest BCUT2D eigenvalue weighted by Crippen LogP contribution is 2.21. The van der Waals surface area contributed by atoms with Gasteiger partial charge in [-0.25, -0.2) is 4.98 Å². The number of piperidine rings is 1. The van der Waals surface area contributed by atoms with Crippen LogP contribution in [0.4, 0.5) is 11.8 Å². The van der Waals surface area contributed by atoms with E-state index in [9.17, 15) is 0 Å². The van der Waals surface area contributed by atoms with Gasteiger partial charge < -0.3 is 10.2 Å². The molecule has 2 aromatic heterocycles. The number of nitrogens with zero attached hydrogens (tertiary/aromatic N) is 4. The first kappa shape index (κ1) is 14.8. The second kappa shape index (κ2) is 6.73. The molecular formula is C17H23N5. The molecule has 1 aliphatic rings. The third-order valence-corrected chi connectivity index (χ3v) is 3.98. The van der Waals surface area contributed by atoms with Gasteiger partial charge in [0.15, 0.2) is 0 Å². The Labute approximate surface area is 131 Å². The lowest BCUT2D eigenvalue weighted by atomic mass is 10.0. The van der Waals surface area contributed by atoms with Crippen LogP contribution in [0.5, 0.6) is 0 Å². The number of nitrogens with one attached hydrogen (secondary N) is 1. The number of pyridine rings is 1. The molecule has 0 amide bonds. The van der Waals surface area contributed by atoms with Crippen molar-refractivity contribution in [1.82, 2.24) is 15.0 Å². The zero-order valence-corrected chi connectivity index (χ0v) is 13.3. The second-order valence-electron chi connectivity index (χ2n) is 6.10. The number of rotatable bonds is 4. The van der Waals surface area contributed by atoms with Crippen molar-refractivity contribution in [3.8, 4) is 0 Å². The summed E-state index contributed by atoms with van der Waals surface area (Å²) in [5, 5.41) is 3.37. The Balaban J connectivity index is 1.72. The summed E-state index contributed by atoms with van der Waals surface area (Å²) in [6.07, 6.45) is 6.17. The van der Waals surface area contributed by atoms with Crippen molar-refractivity contribution < 1.29 is 0 Å². The minimum Gasteiger partial charge on any atom is -0.366 e. The third-order valence-electron chi connectivity index (χ3n) is 3.98. The summed E-state index contributed by atoms with van der Waals surface area (Å²) < 4.78 is 0. The molecule has 0 spiro atoms. The summed E-state index contributed by atoms with van der Waals surface area (Å²) in [6, 6.07) is 6.00. The highest BCUT2D eigenvalue weighted by molar-refractivity contribution is 5.44. The molecule has 3 rings (SSSR count). The fraction of sp³-hybridized carbons (Fsp3) is 0.471. The van der Waals surface area contributed by atoms with Gasteiger partial charge in [-0.2, -0.15) is 4.98 Å². The molecular weight excluding hydrogens is 274 g/mol. The monoisotopic (exact) mass is 297 g/mol. The minimum absolute atomic E-state index is 0.713. The maximum Gasteiger partial charge on any atom is 0.227 e. The van der Waals surface area contributed by atoms with Crippen molar-refractivity contribution >= 4 is 11.8 Å². The molecule has 0 radical (unpaired) electrons. The van der Waals surface area contributed by atoms with Gasteiger partial charge in [-0.3, -0.25) is 4.98 Å². The Morgan fingerprint density at radius 2 is 2.27 bits per heavy atom. The van der Waals surface area contributed by atoms with Crippen LogP contribution in [0.2, 0.25) is 0 Å². The van der Waals surface area contributed by atoms with E-state index in [0.29, 0.717) is 5.92 Å². The molecule has 0 bridgehead atoms. The maximum absolute atomic E-state index is 4.69. The Kier molecular flexibility index (Phi) is 4.51. The van der Waals surface area contributed by atoms with E-state index in [1.54, 1.807) is 6.20 Å². The minimum atomic E-state index is 0.713. The van der Waals surface area contributed by atoms with Crippen molar-refractivity contribution in [2.24, 2.45) is 5.92 Å². The van der Waals surface area contributed by atoms with Crippen LogP contribution in [-0.4, -0.2) is 28.0 Å². The normalized spacial score (nSPS) is 18.3. The molecule has 22 heavy (non-hydrogen) atoms. The summed E-state index contributed by atoms with van der Waals surface area (Å²) in [6.45, 7) is 7.14. The number of hydrogen-bond acceptors (Lipinski definition) is 5. The smallest absolute Gasteiger partial charge is 0.227 e. The highest BCUT2D eigenvalue weighted by atomic mass is 15.3. The Morgan fingerprint density at radius 1 is 1.36 bits per heavy atom. The predicted octanol–water partition coefficient (Wildman–Crippen LogP) is 3.03. The van der Waals surface area contributed by atoms with Crippen LogP contribution in [0.3, 0.4) is 0 Å². The van der Waals surface area contributed by atoms with Gasteiger partial charge in [0.25, 0.3) is 0 Å². The fourth-order valence-electron chi connectivity index (χ4n) is 2.85. The van der Waals surface area contributed by atoms with Gasteiger partial charge in [-0.15, -0.1) is 0 Å². The van der Waals surface area contributed by atoms with E-state index in [0.717, 1.165) is 42.7 Å².